The molecule has 6 rings (SSSR count). The molecule has 2 aromatic rings. The van der Waals surface area contributed by atoms with E-state index in [0.717, 1.165) is 52.4 Å². The lowest BCUT2D eigenvalue weighted by Crippen LogP contribution is -2.58. The summed E-state index contributed by atoms with van der Waals surface area (Å²) in [7, 11) is -1.26. The Morgan fingerprint density at radius 3 is 2.45 bits per heavy atom. The van der Waals surface area contributed by atoms with Gasteiger partial charge in [0.15, 0.2) is 5.60 Å². The second-order valence-electron chi connectivity index (χ2n) is 12.3. The van der Waals surface area contributed by atoms with Gasteiger partial charge in [0.2, 0.25) is 0 Å². The fraction of sp³-hybridized carbons (Fsp3) is 0.548. The van der Waals surface area contributed by atoms with Crippen molar-refractivity contribution in [3.63, 3.8) is 0 Å². The molecule has 226 valence electrons. The molecule has 0 spiro atoms. The average Bonchev–Trinajstić information content (AvgIpc) is 3.22. The minimum absolute atomic E-state index is 0.0693. The lowest BCUT2D eigenvalue weighted by atomic mass is 9.72. The maximum atomic E-state index is 14.0. The van der Waals surface area contributed by atoms with Gasteiger partial charge in [0.05, 0.1) is 25.8 Å². The highest BCUT2D eigenvalue weighted by molar-refractivity contribution is 7.87. The Kier molecular flexibility index (Phi) is 7.80. The van der Waals surface area contributed by atoms with Crippen molar-refractivity contribution in [2.24, 2.45) is 5.92 Å². The van der Waals surface area contributed by atoms with Gasteiger partial charge in [0.25, 0.3) is 11.8 Å². The van der Waals surface area contributed by atoms with Crippen molar-refractivity contribution in [2.75, 3.05) is 51.8 Å². The van der Waals surface area contributed by atoms with E-state index in [4.69, 9.17) is 4.74 Å². The Balaban J connectivity index is 1.46. The second-order valence-corrected chi connectivity index (χ2v) is 14.2. The molecule has 3 atom stereocenters. The van der Waals surface area contributed by atoms with E-state index < -0.39 is 21.7 Å². The van der Waals surface area contributed by atoms with Gasteiger partial charge in [-0.25, -0.2) is 4.72 Å². The zero-order valence-electron chi connectivity index (χ0n) is 24.3. The Morgan fingerprint density at radius 1 is 1.02 bits per heavy atom. The molecular formula is C31H40N4O6S. The van der Waals surface area contributed by atoms with Gasteiger partial charge < -0.3 is 19.6 Å². The van der Waals surface area contributed by atoms with Crippen molar-refractivity contribution in [2.45, 2.75) is 56.1 Å². The molecule has 2 aromatic carbocycles. The van der Waals surface area contributed by atoms with Crippen LogP contribution in [0.2, 0.25) is 0 Å². The van der Waals surface area contributed by atoms with Crippen LogP contribution in [0, 0.1) is 5.92 Å². The summed E-state index contributed by atoms with van der Waals surface area (Å²) in [6.07, 6.45) is 5.92. The van der Waals surface area contributed by atoms with Crippen LogP contribution in [0.4, 0.5) is 5.69 Å². The van der Waals surface area contributed by atoms with Gasteiger partial charge in [-0.2, -0.15) is 12.7 Å². The Bertz CT molecular complexity index is 1470. The fourth-order valence-corrected chi connectivity index (χ4v) is 7.92. The third-order valence-electron chi connectivity index (χ3n) is 9.48. The van der Waals surface area contributed by atoms with Gasteiger partial charge in [0, 0.05) is 50.8 Å². The number of amides is 2. The summed E-state index contributed by atoms with van der Waals surface area (Å²) in [4.78, 5) is 30.9. The molecule has 1 saturated heterocycles. The van der Waals surface area contributed by atoms with Crippen LogP contribution in [0.1, 0.15) is 71.1 Å². The summed E-state index contributed by atoms with van der Waals surface area (Å²) >= 11 is 0. The van der Waals surface area contributed by atoms with E-state index in [1.54, 1.807) is 17.0 Å². The van der Waals surface area contributed by atoms with Gasteiger partial charge in [-0.3, -0.25) is 9.59 Å². The van der Waals surface area contributed by atoms with Gasteiger partial charge >= 0.3 is 10.2 Å². The monoisotopic (exact) mass is 596 g/mol. The summed E-state index contributed by atoms with van der Waals surface area (Å²) in [5.74, 6) is -0.505. The van der Waals surface area contributed by atoms with Crippen LogP contribution in [-0.4, -0.2) is 87.1 Å². The predicted molar refractivity (Wildman–Crippen MR) is 158 cm³/mol. The minimum Gasteiger partial charge on any atom is -0.378 e. The predicted octanol–water partition coefficient (Wildman–Crippen LogP) is 2.59. The number of anilines is 1. The SMILES string of the molecule is CN(C)S(=O)(=O)NC(=O)c1ccc2c(c1)N1CC(O)(C(=O)N3CCOCC3)Cc3ccccc3C1C2C1CCCCC1. The highest BCUT2D eigenvalue weighted by Crippen LogP contribution is 2.57. The highest BCUT2D eigenvalue weighted by atomic mass is 32.2. The molecule has 1 saturated carbocycles. The van der Waals surface area contributed by atoms with Crippen LogP contribution in [0.3, 0.4) is 0 Å². The number of morpholine rings is 1. The van der Waals surface area contributed by atoms with Gasteiger partial charge in [0.1, 0.15) is 0 Å². The number of aliphatic hydroxyl groups is 1. The molecule has 3 unspecified atom stereocenters. The number of hydrogen-bond donors (Lipinski definition) is 2. The number of rotatable bonds is 5. The molecule has 4 aliphatic rings. The van der Waals surface area contributed by atoms with Crippen LogP contribution in [0.15, 0.2) is 42.5 Å². The van der Waals surface area contributed by atoms with E-state index in [1.165, 1.54) is 20.5 Å². The van der Waals surface area contributed by atoms with Crippen molar-refractivity contribution >= 4 is 27.7 Å². The zero-order valence-corrected chi connectivity index (χ0v) is 25.1. The molecule has 2 amide bonds. The molecule has 2 fully saturated rings. The van der Waals surface area contributed by atoms with Crippen LogP contribution >= 0.6 is 0 Å². The summed E-state index contributed by atoms with van der Waals surface area (Å²) < 4.78 is 33.4. The average molecular weight is 597 g/mol. The molecule has 11 heteroatoms. The normalized spacial score (nSPS) is 26.3. The number of hydrogen-bond acceptors (Lipinski definition) is 7. The molecule has 3 aliphatic heterocycles. The maximum Gasteiger partial charge on any atom is 0.303 e. The summed E-state index contributed by atoms with van der Waals surface area (Å²) in [5, 5.41) is 12.2. The van der Waals surface area contributed by atoms with E-state index in [2.05, 4.69) is 15.7 Å². The minimum atomic E-state index is -3.98. The summed E-state index contributed by atoms with van der Waals surface area (Å²) in [6, 6.07) is 13.4. The van der Waals surface area contributed by atoms with E-state index in [0.29, 0.717) is 32.2 Å². The number of carbonyl (C=O) groups is 2. The van der Waals surface area contributed by atoms with E-state index in [1.807, 2.05) is 24.3 Å². The third kappa shape index (κ3) is 5.21. The molecular weight excluding hydrogens is 556 g/mol. The van der Waals surface area contributed by atoms with Crippen LogP contribution in [0.25, 0.3) is 0 Å². The first-order chi connectivity index (χ1) is 20.1. The first-order valence-corrected chi connectivity index (χ1v) is 16.4. The van der Waals surface area contributed by atoms with Crippen molar-refractivity contribution in [1.82, 2.24) is 13.9 Å². The topological polar surface area (TPSA) is 119 Å². The number of fused-ring (bicyclic) bond motifs is 5. The first kappa shape index (κ1) is 29.1. The maximum absolute atomic E-state index is 14.0. The number of nitrogens with zero attached hydrogens (tertiary/aromatic N) is 3. The summed E-state index contributed by atoms with van der Waals surface area (Å²) in [5.41, 5.74) is 2.43. The molecule has 2 N–H and O–H groups in total. The number of ether oxygens (including phenoxy) is 1. The molecule has 3 heterocycles. The quantitative estimate of drug-likeness (QED) is 0.545. The number of benzene rings is 2. The van der Waals surface area contributed by atoms with Crippen molar-refractivity contribution in [1.29, 1.82) is 0 Å². The van der Waals surface area contributed by atoms with E-state index in [-0.39, 0.29) is 36.4 Å². The highest BCUT2D eigenvalue weighted by Gasteiger charge is 2.52. The smallest absolute Gasteiger partial charge is 0.303 e. The number of carbonyl (C=O) groups excluding carboxylic acids is 2. The molecule has 0 aromatic heterocycles. The lowest BCUT2D eigenvalue weighted by Gasteiger charge is -2.39. The van der Waals surface area contributed by atoms with Crippen molar-refractivity contribution in [3.8, 4) is 0 Å². The Labute approximate surface area is 247 Å². The standard InChI is InChI=1S/C31H40N4O6S/c1-33(2)42(39,40)32-29(36)22-12-13-25-26(18-22)35-20-31(38,30(37)34-14-16-41-17-15-34)19-23-10-6-7-11-24(23)28(35)27(25)21-8-4-3-5-9-21/h6-7,10-13,18,21,27-28,38H,3-5,8-9,14-17,19-20H2,1-2H3,(H,32,36). The van der Waals surface area contributed by atoms with E-state index >= 15 is 0 Å². The number of nitrogens with one attached hydrogen (secondary N) is 1. The van der Waals surface area contributed by atoms with Crippen molar-refractivity contribution < 1.29 is 27.9 Å². The molecule has 0 radical (unpaired) electrons. The Hall–Kier alpha value is -2.99. The van der Waals surface area contributed by atoms with Gasteiger partial charge in [-0.05, 0) is 47.6 Å². The lowest BCUT2D eigenvalue weighted by molar-refractivity contribution is -0.154. The zero-order chi connectivity index (χ0) is 29.6. The molecule has 42 heavy (non-hydrogen) atoms. The first-order valence-electron chi connectivity index (χ1n) is 14.9. The molecule has 0 bridgehead atoms. The fourth-order valence-electron chi connectivity index (χ4n) is 7.39. The van der Waals surface area contributed by atoms with Crippen LogP contribution in [0.5, 0.6) is 0 Å². The third-order valence-corrected chi connectivity index (χ3v) is 10.9. The molecule has 1 aliphatic carbocycles. The van der Waals surface area contributed by atoms with Crippen molar-refractivity contribution in [3.05, 3.63) is 64.7 Å². The Morgan fingerprint density at radius 2 is 1.74 bits per heavy atom. The van der Waals surface area contributed by atoms with E-state index in [9.17, 15) is 23.1 Å². The largest absolute Gasteiger partial charge is 0.378 e. The van der Waals surface area contributed by atoms with Crippen LogP contribution in [-0.2, 0) is 26.2 Å². The van der Waals surface area contributed by atoms with Crippen LogP contribution < -0.4 is 9.62 Å². The molecule has 10 nitrogen and oxygen atoms in total. The van der Waals surface area contributed by atoms with Gasteiger partial charge in [-0.1, -0.05) is 49.6 Å². The second kappa shape index (κ2) is 11.3. The summed E-state index contributed by atoms with van der Waals surface area (Å²) in [6.45, 7) is 1.80. The van der Waals surface area contributed by atoms with Gasteiger partial charge in [-0.15, -0.1) is 0 Å².